The van der Waals surface area contributed by atoms with E-state index in [0.29, 0.717) is 32.7 Å². The lowest BCUT2D eigenvalue weighted by molar-refractivity contribution is -0.137. The fourth-order valence-corrected chi connectivity index (χ4v) is 2.82. The number of piperazine rings is 1. The molecule has 0 aliphatic carbocycles. The highest BCUT2D eigenvalue weighted by Crippen LogP contribution is 2.36. The van der Waals surface area contributed by atoms with E-state index in [-0.39, 0.29) is 11.7 Å². The van der Waals surface area contributed by atoms with Gasteiger partial charge in [-0.3, -0.25) is 0 Å². The number of urea groups is 1. The number of nitrogens with zero attached hydrogens (tertiary/aromatic N) is 2. The number of halogens is 3. The molecule has 0 bridgehead atoms. The first kappa shape index (κ1) is 18.4. The van der Waals surface area contributed by atoms with Gasteiger partial charge in [-0.15, -0.1) is 0 Å². The van der Waals surface area contributed by atoms with Crippen LogP contribution in [0.4, 0.5) is 23.7 Å². The van der Waals surface area contributed by atoms with Crippen molar-refractivity contribution in [2.24, 2.45) is 0 Å². The van der Waals surface area contributed by atoms with Crippen molar-refractivity contribution in [1.29, 1.82) is 0 Å². The van der Waals surface area contributed by atoms with Gasteiger partial charge in [-0.1, -0.05) is 31.9 Å². The summed E-state index contributed by atoms with van der Waals surface area (Å²) in [7, 11) is 0. The van der Waals surface area contributed by atoms with Gasteiger partial charge in [0.1, 0.15) is 0 Å². The van der Waals surface area contributed by atoms with Gasteiger partial charge in [0.05, 0.1) is 5.56 Å². The largest absolute Gasteiger partial charge is 0.418 e. The topological polar surface area (TPSA) is 35.6 Å². The van der Waals surface area contributed by atoms with Crippen LogP contribution in [0.15, 0.2) is 24.3 Å². The molecule has 134 valence electrons. The molecule has 1 saturated heterocycles. The third kappa shape index (κ3) is 4.79. The van der Waals surface area contributed by atoms with E-state index in [1.807, 2.05) is 0 Å². The molecule has 1 fully saturated rings. The fourth-order valence-electron chi connectivity index (χ4n) is 2.82. The predicted octanol–water partition coefficient (Wildman–Crippen LogP) is 3.73. The maximum Gasteiger partial charge on any atom is 0.418 e. The van der Waals surface area contributed by atoms with Crippen LogP contribution in [0.5, 0.6) is 0 Å². The lowest BCUT2D eigenvalue weighted by atomic mass is 10.1. The van der Waals surface area contributed by atoms with Crippen LogP contribution in [0.25, 0.3) is 0 Å². The highest BCUT2D eigenvalue weighted by atomic mass is 19.4. The van der Waals surface area contributed by atoms with E-state index < -0.39 is 11.7 Å². The maximum atomic E-state index is 13.1. The molecule has 0 atom stereocenters. The molecule has 1 heterocycles. The zero-order valence-corrected chi connectivity index (χ0v) is 13.9. The van der Waals surface area contributed by atoms with Gasteiger partial charge in [0.15, 0.2) is 0 Å². The lowest BCUT2D eigenvalue weighted by Gasteiger charge is -2.37. The van der Waals surface area contributed by atoms with Gasteiger partial charge < -0.3 is 15.1 Å². The average Bonchev–Trinajstić information content (AvgIpc) is 2.58. The Morgan fingerprint density at radius 3 is 2.42 bits per heavy atom. The van der Waals surface area contributed by atoms with Gasteiger partial charge in [-0.05, 0) is 18.6 Å². The van der Waals surface area contributed by atoms with Gasteiger partial charge in [0.25, 0.3) is 0 Å². The highest BCUT2D eigenvalue weighted by molar-refractivity contribution is 5.74. The molecule has 1 aromatic rings. The minimum Gasteiger partial charge on any atom is -0.367 e. The summed E-state index contributed by atoms with van der Waals surface area (Å²) in [5.74, 6) is 0. The van der Waals surface area contributed by atoms with E-state index >= 15 is 0 Å². The summed E-state index contributed by atoms with van der Waals surface area (Å²) in [5.41, 5.74) is -0.435. The Morgan fingerprint density at radius 2 is 1.79 bits per heavy atom. The number of para-hydroxylation sites is 1. The number of rotatable bonds is 5. The van der Waals surface area contributed by atoms with Gasteiger partial charge in [-0.25, -0.2) is 4.79 Å². The van der Waals surface area contributed by atoms with Crippen LogP contribution in [0, 0.1) is 0 Å². The number of amides is 2. The van der Waals surface area contributed by atoms with Crippen molar-refractivity contribution in [2.75, 3.05) is 37.6 Å². The molecular formula is C17H24F3N3O. The Balaban J connectivity index is 1.90. The summed E-state index contributed by atoms with van der Waals surface area (Å²) >= 11 is 0. The van der Waals surface area contributed by atoms with E-state index in [4.69, 9.17) is 0 Å². The van der Waals surface area contributed by atoms with Crippen molar-refractivity contribution < 1.29 is 18.0 Å². The first-order chi connectivity index (χ1) is 11.4. The Bertz CT molecular complexity index is 540. The number of carbonyl (C=O) groups is 1. The molecule has 2 amide bonds. The van der Waals surface area contributed by atoms with Crippen LogP contribution in [0.3, 0.4) is 0 Å². The van der Waals surface area contributed by atoms with E-state index in [9.17, 15) is 18.0 Å². The Morgan fingerprint density at radius 1 is 1.12 bits per heavy atom. The Kier molecular flexibility index (Phi) is 6.34. The Labute approximate surface area is 140 Å². The third-order valence-electron chi connectivity index (χ3n) is 4.17. The number of anilines is 1. The fraction of sp³-hybridized carbons (Fsp3) is 0.588. The summed E-state index contributed by atoms with van der Waals surface area (Å²) < 4.78 is 39.3. The van der Waals surface area contributed by atoms with Gasteiger partial charge in [0, 0.05) is 38.4 Å². The quantitative estimate of drug-likeness (QED) is 0.827. The monoisotopic (exact) mass is 343 g/mol. The molecule has 0 unspecified atom stereocenters. The second-order valence-corrected chi connectivity index (χ2v) is 5.93. The minimum absolute atomic E-state index is 0.130. The zero-order chi connectivity index (χ0) is 17.6. The number of unbranched alkanes of at least 4 members (excludes halogenated alkanes) is 2. The molecule has 0 aromatic heterocycles. The van der Waals surface area contributed by atoms with Crippen LogP contribution in [0.2, 0.25) is 0 Å². The highest BCUT2D eigenvalue weighted by Gasteiger charge is 2.35. The molecule has 2 rings (SSSR count). The van der Waals surface area contributed by atoms with Crippen molar-refractivity contribution in [3.63, 3.8) is 0 Å². The first-order valence-electron chi connectivity index (χ1n) is 8.37. The summed E-state index contributed by atoms with van der Waals surface area (Å²) in [6.07, 6.45) is -1.26. The van der Waals surface area contributed by atoms with Crippen LogP contribution in [0.1, 0.15) is 31.7 Å². The van der Waals surface area contributed by atoms with Gasteiger partial charge in [0.2, 0.25) is 0 Å². The van der Waals surface area contributed by atoms with Crippen LogP contribution < -0.4 is 10.2 Å². The lowest BCUT2D eigenvalue weighted by Crippen LogP contribution is -2.52. The van der Waals surface area contributed by atoms with Gasteiger partial charge >= 0.3 is 12.2 Å². The molecule has 0 spiro atoms. The van der Waals surface area contributed by atoms with Crippen LogP contribution in [-0.4, -0.2) is 43.7 Å². The second kappa shape index (κ2) is 8.26. The smallest absolute Gasteiger partial charge is 0.367 e. The number of hydrogen-bond acceptors (Lipinski definition) is 2. The van der Waals surface area contributed by atoms with Crippen molar-refractivity contribution >= 4 is 11.7 Å². The average molecular weight is 343 g/mol. The Hall–Kier alpha value is -1.92. The molecule has 1 N–H and O–H groups in total. The van der Waals surface area contributed by atoms with Crippen LogP contribution >= 0.6 is 0 Å². The SMILES string of the molecule is CCCCCNC(=O)N1CCN(c2ccccc2C(F)(F)F)CC1. The van der Waals surface area contributed by atoms with E-state index in [0.717, 1.165) is 25.3 Å². The molecule has 0 radical (unpaired) electrons. The van der Waals surface area contributed by atoms with E-state index in [1.54, 1.807) is 15.9 Å². The standard InChI is InChI=1S/C17H24F3N3O/c1-2-3-6-9-21-16(24)23-12-10-22(11-13-23)15-8-5-4-7-14(15)17(18,19)20/h4-5,7-8H,2-3,6,9-13H2,1H3,(H,21,24). The van der Waals surface area contributed by atoms with E-state index in [1.165, 1.54) is 12.1 Å². The summed E-state index contributed by atoms with van der Waals surface area (Å²) in [4.78, 5) is 15.4. The number of alkyl halides is 3. The maximum absolute atomic E-state index is 13.1. The molecular weight excluding hydrogens is 319 g/mol. The minimum atomic E-state index is -4.37. The zero-order valence-electron chi connectivity index (χ0n) is 13.9. The van der Waals surface area contributed by atoms with Crippen molar-refractivity contribution in [3.8, 4) is 0 Å². The molecule has 1 aliphatic rings. The first-order valence-corrected chi connectivity index (χ1v) is 8.37. The van der Waals surface area contributed by atoms with E-state index in [2.05, 4.69) is 12.2 Å². The molecule has 1 aliphatic heterocycles. The molecule has 1 aromatic carbocycles. The number of nitrogens with one attached hydrogen (secondary N) is 1. The third-order valence-corrected chi connectivity index (χ3v) is 4.17. The molecule has 4 nitrogen and oxygen atoms in total. The number of carbonyl (C=O) groups excluding carboxylic acids is 1. The van der Waals surface area contributed by atoms with Crippen molar-refractivity contribution in [2.45, 2.75) is 32.4 Å². The predicted molar refractivity (Wildman–Crippen MR) is 88.2 cm³/mol. The van der Waals surface area contributed by atoms with Crippen molar-refractivity contribution in [3.05, 3.63) is 29.8 Å². The number of benzene rings is 1. The van der Waals surface area contributed by atoms with Crippen molar-refractivity contribution in [1.82, 2.24) is 10.2 Å². The number of hydrogen-bond donors (Lipinski definition) is 1. The summed E-state index contributed by atoms with van der Waals surface area (Å²) in [6.45, 7) is 4.38. The van der Waals surface area contributed by atoms with Crippen LogP contribution in [-0.2, 0) is 6.18 Å². The molecule has 0 saturated carbocycles. The summed E-state index contributed by atoms with van der Waals surface area (Å²) in [5, 5.41) is 2.87. The molecule has 24 heavy (non-hydrogen) atoms. The molecule has 7 heteroatoms. The van der Waals surface area contributed by atoms with Gasteiger partial charge in [-0.2, -0.15) is 13.2 Å². The summed E-state index contributed by atoms with van der Waals surface area (Å²) in [6, 6.07) is 5.46. The second-order valence-electron chi connectivity index (χ2n) is 5.93. The normalized spacial score (nSPS) is 15.5.